The van der Waals surface area contributed by atoms with Crippen molar-refractivity contribution in [1.29, 1.82) is 0 Å². The molecule has 0 fully saturated rings. The van der Waals surface area contributed by atoms with Crippen molar-refractivity contribution in [2.75, 3.05) is 11.9 Å². The molecule has 1 N–H and O–H groups in total. The summed E-state index contributed by atoms with van der Waals surface area (Å²) in [5.41, 5.74) is 2.75. The van der Waals surface area contributed by atoms with Crippen molar-refractivity contribution in [3.8, 4) is 0 Å². The molecule has 1 aliphatic carbocycles. The van der Waals surface area contributed by atoms with Gasteiger partial charge >= 0.3 is 0 Å². The number of aryl methyl sites for hydroxylation is 2. The van der Waals surface area contributed by atoms with Gasteiger partial charge in [-0.05, 0) is 42.7 Å². The molecule has 2 heteroatoms. The highest BCUT2D eigenvalue weighted by atomic mass is 15.0. The highest BCUT2D eigenvalue weighted by Crippen LogP contribution is 2.21. The van der Waals surface area contributed by atoms with Gasteiger partial charge in [-0.25, -0.2) is 4.98 Å². The van der Waals surface area contributed by atoms with Crippen LogP contribution in [0.5, 0.6) is 0 Å². The number of rotatable bonds is 4. The second-order valence-corrected chi connectivity index (χ2v) is 5.26. The Kier molecular flexibility index (Phi) is 3.47. The standard InChI is InChI=1S/C14H22N2/c1-10(2)11(3)9-15-14-8-7-12-5-4-6-13(12)16-14/h7-8,10-11H,4-6,9H2,1-3H3,(H,15,16). The Morgan fingerprint density at radius 2 is 2.06 bits per heavy atom. The Morgan fingerprint density at radius 1 is 1.25 bits per heavy atom. The molecule has 0 bridgehead atoms. The van der Waals surface area contributed by atoms with E-state index in [-0.39, 0.29) is 0 Å². The maximum absolute atomic E-state index is 4.67. The fourth-order valence-corrected chi connectivity index (χ4v) is 2.02. The van der Waals surface area contributed by atoms with E-state index in [1.54, 1.807) is 0 Å². The van der Waals surface area contributed by atoms with Crippen LogP contribution >= 0.6 is 0 Å². The van der Waals surface area contributed by atoms with E-state index in [2.05, 4.69) is 43.2 Å². The fraction of sp³-hybridized carbons (Fsp3) is 0.643. The summed E-state index contributed by atoms with van der Waals surface area (Å²) in [4.78, 5) is 4.67. The molecule has 0 aromatic carbocycles. The molecule has 0 amide bonds. The SMILES string of the molecule is CC(C)C(C)CNc1ccc2c(n1)CCC2. The quantitative estimate of drug-likeness (QED) is 0.839. The third-order valence-corrected chi connectivity index (χ3v) is 3.67. The first-order valence-electron chi connectivity index (χ1n) is 6.39. The summed E-state index contributed by atoms with van der Waals surface area (Å²) in [6, 6.07) is 4.36. The van der Waals surface area contributed by atoms with Crippen LogP contribution in [0.4, 0.5) is 5.82 Å². The van der Waals surface area contributed by atoms with Crippen molar-refractivity contribution in [3.05, 3.63) is 23.4 Å². The molecular weight excluding hydrogens is 196 g/mol. The highest BCUT2D eigenvalue weighted by Gasteiger charge is 2.13. The zero-order chi connectivity index (χ0) is 11.5. The molecule has 0 saturated carbocycles. The minimum Gasteiger partial charge on any atom is -0.370 e. The van der Waals surface area contributed by atoms with Gasteiger partial charge in [0.05, 0.1) is 0 Å². The van der Waals surface area contributed by atoms with Gasteiger partial charge in [-0.15, -0.1) is 0 Å². The number of nitrogens with zero attached hydrogens (tertiary/aromatic N) is 1. The van der Waals surface area contributed by atoms with E-state index in [4.69, 9.17) is 0 Å². The average molecular weight is 218 g/mol. The molecule has 0 radical (unpaired) electrons. The summed E-state index contributed by atoms with van der Waals surface area (Å²) in [6.45, 7) is 7.83. The third kappa shape index (κ3) is 2.55. The average Bonchev–Trinajstić information content (AvgIpc) is 2.72. The molecule has 1 aromatic heterocycles. The van der Waals surface area contributed by atoms with Crippen LogP contribution in [0.2, 0.25) is 0 Å². The maximum atomic E-state index is 4.67. The van der Waals surface area contributed by atoms with Gasteiger partial charge in [0, 0.05) is 12.2 Å². The lowest BCUT2D eigenvalue weighted by molar-refractivity contribution is 0.439. The lowest BCUT2D eigenvalue weighted by Crippen LogP contribution is -2.17. The van der Waals surface area contributed by atoms with Gasteiger partial charge in [-0.3, -0.25) is 0 Å². The van der Waals surface area contributed by atoms with E-state index >= 15 is 0 Å². The van der Waals surface area contributed by atoms with Crippen LogP contribution in [0.25, 0.3) is 0 Å². The number of aromatic nitrogens is 1. The molecule has 1 heterocycles. The minimum atomic E-state index is 0.690. The van der Waals surface area contributed by atoms with E-state index in [0.29, 0.717) is 5.92 Å². The third-order valence-electron chi connectivity index (χ3n) is 3.67. The summed E-state index contributed by atoms with van der Waals surface area (Å²) < 4.78 is 0. The summed E-state index contributed by atoms with van der Waals surface area (Å²) in [5, 5.41) is 3.44. The smallest absolute Gasteiger partial charge is 0.126 e. The van der Waals surface area contributed by atoms with Gasteiger partial charge in [0.25, 0.3) is 0 Å². The highest BCUT2D eigenvalue weighted by molar-refractivity contribution is 5.40. The molecule has 1 aliphatic rings. The first kappa shape index (κ1) is 11.4. The first-order chi connectivity index (χ1) is 7.66. The topological polar surface area (TPSA) is 24.9 Å². The Hall–Kier alpha value is -1.05. The van der Waals surface area contributed by atoms with Crippen molar-refractivity contribution < 1.29 is 0 Å². The zero-order valence-corrected chi connectivity index (χ0v) is 10.6. The predicted octanol–water partition coefficient (Wildman–Crippen LogP) is 3.27. The summed E-state index contributed by atoms with van der Waals surface area (Å²) >= 11 is 0. The largest absolute Gasteiger partial charge is 0.370 e. The molecule has 88 valence electrons. The number of hydrogen-bond acceptors (Lipinski definition) is 2. The van der Waals surface area contributed by atoms with E-state index < -0.39 is 0 Å². The molecule has 1 aromatic rings. The van der Waals surface area contributed by atoms with E-state index in [1.165, 1.54) is 24.1 Å². The van der Waals surface area contributed by atoms with Crippen molar-refractivity contribution in [3.63, 3.8) is 0 Å². The van der Waals surface area contributed by atoms with Crippen LogP contribution in [-0.4, -0.2) is 11.5 Å². The molecule has 0 aliphatic heterocycles. The van der Waals surface area contributed by atoms with E-state index in [9.17, 15) is 0 Å². The lowest BCUT2D eigenvalue weighted by Gasteiger charge is -2.16. The predicted molar refractivity (Wildman–Crippen MR) is 68.8 cm³/mol. The number of nitrogens with one attached hydrogen (secondary N) is 1. The molecule has 2 nitrogen and oxygen atoms in total. The van der Waals surface area contributed by atoms with Crippen LogP contribution in [0.1, 0.15) is 38.4 Å². The molecule has 0 spiro atoms. The van der Waals surface area contributed by atoms with Crippen molar-refractivity contribution >= 4 is 5.82 Å². The van der Waals surface area contributed by atoms with Crippen molar-refractivity contribution in [2.45, 2.75) is 40.0 Å². The number of anilines is 1. The van der Waals surface area contributed by atoms with Gasteiger partial charge < -0.3 is 5.32 Å². The molecule has 1 atom stereocenters. The maximum Gasteiger partial charge on any atom is 0.126 e. The van der Waals surface area contributed by atoms with Crippen LogP contribution in [0.3, 0.4) is 0 Å². The first-order valence-corrected chi connectivity index (χ1v) is 6.39. The van der Waals surface area contributed by atoms with Crippen molar-refractivity contribution in [2.24, 2.45) is 11.8 Å². The lowest BCUT2D eigenvalue weighted by atomic mass is 9.98. The number of fused-ring (bicyclic) bond motifs is 1. The van der Waals surface area contributed by atoms with Crippen molar-refractivity contribution in [1.82, 2.24) is 4.98 Å². The Labute approximate surface area is 98.5 Å². The van der Waals surface area contributed by atoms with Gasteiger partial charge in [-0.1, -0.05) is 26.8 Å². The monoisotopic (exact) mass is 218 g/mol. The summed E-state index contributed by atoms with van der Waals surface area (Å²) in [7, 11) is 0. The Bertz CT molecular complexity index is 358. The summed E-state index contributed by atoms with van der Waals surface area (Å²) in [5.74, 6) is 2.46. The van der Waals surface area contributed by atoms with Crippen LogP contribution in [0, 0.1) is 11.8 Å². The molecule has 2 rings (SSSR count). The van der Waals surface area contributed by atoms with Crippen LogP contribution in [0.15, 0.2) is 12.1 Å². The molecular formula is C14H22N2. The van der Waals surface area contributed by atoms with E-state index in [1.807, 2.05) is 0 Å². The normalized spacial score (nSPS) is 16.2. The zero-order valence-electron chi connectivity index (χ0n) is 10.6. The number of pyridine rings is 1. The van der Waals surface area contributed by atoms with Crippen LogP contribution < -0.4 is 5.32 Å². The van der Waals surface area contributed by atoms with Gasteiger partial charge in [-0.2, -0.15) is 0 Å². The van der Waals surface area contributed by atoms with Gasteiger partial charge in [0.2, 0.25) is 0 Å². The Balaban J connectivity index is 1.95. The van der Waals surface area contributed by atoms with Gasteiger partial charge in [0.1, 0.15) is 5.82 Å². The molecule has 1 unspecified atom stereocenters. The number of hydrogen-bond donors (Lipinski definition) is 1. The van der Waals surface area contributed by atoms with Crippen LogP contribution in [-0.2, 0) is 12.8 Å². The molecule has 0 saturated heterocycles. The minimum absolute atomic E-state index is 0.690. The second kappa shape index (κ2) is 4.86. The second-order valence-electron chi connectivity index (χ2n) is 5.26. The summed E-state index contributed by atoms with van der Waals surface area (Å²) in [6.07, 6.45) is 3.64. The van der Waals surface area contributed by atoms with Gasteiger partial charge in [0.15, 0.2) is 0 Å². The molecule has 16 heavy (non-hydrogen) atoms. The van der Waals surface area contributed by atoms with E-state index in [0.717, 1.165) is 24.7 Å². The Morgan fingerprint density at radius 3 is 2.81 bits per heavy atom. The fourth-order valence-electron chi connectivity index (χ4n) is 2.02.